The van der Waals surface area contributed by atoms with E-state index in [1.54, 1.807) is 24.0 Å². The molecular formula is C21H24Cl2N2O4S. The fourth-order valence-electron chi connectivity index (χ4n) is 3.43. The zero-order valence-corrected chi connectivity index (χ0v) is 19.2. The number of nitrogens with zero attached hydrogens (tertiary/aromatic N) is 2. The molecule has 30 heavy (non-hydrogen) atoms. The van der Waals surface area contributed by atoms with E-state index < -0.39 is 10.0 Å². The number of rotatable bonds is 6. The van der Waals surface area contributed by atoms with Crippen LogP contribution in [0.2, 0.25) is 10.0 Å². The number of hydrogen-bond donors (Lipinski definition) is 0. The number of amides is 1. The maximum atomic E-state index is 13.7. The van der Waals surface area contributed by atoms with Crippen LogP contribution < -0.4 is 9.04 Å². The van der Waals surface area contributed by atoms with Gasteiger partial charge in [0, 0.05) is 13.1 Å². The van der Waals surface area contributed by atoms with Gasteiger partial charge in [0.05, 0.1) is 22.8 Å². The normalized spacial score (nSPS) is 14.5. The summed E-state index contributed by atoms with van der Waals surface area (Å²) in [5, 5.41) is 0.504. The summed E-state index contributed by atoms with van der Waals surface area (Å²) in [6.07, 6.45) is 2.90. The number of carbonyl (C=O) groups excluding carboxylic acids is 1. The molecule has 162 valence electrons. The molecule has 0 atom stereocenters. The summed E-state index contributed by atoms with van der Waals surface area (Å²) in [6, 6.07) is 9.40. The first-order valence-corrected chi connectivity index (χ1v) is 11.8. The summed E-state index contributed by atoms with van der Waals surface area (Å²) in [6.45, 7) is 2.71. The van der Waals surface area contributed by atoms with Gasteiger partial charge in [0.15, 0.2) is 0 Å². The standard InChI is InChI=1S/C21H24Cl2N2O4S/c1-15-6-9-19(29-2)20(12-15)30(27,28)25(16-7-8-17(22)18(23)13-16)14-21(26)24-10-4-3-5-11-24/h6-9,12-13H,3-5,10-11,14H2,1-2H3. The van der Waals surface area contributed by atoms with Crippen molar-refractivity contribution >= 4 is 44.8 Å². The number of anilines is 1. The van der Waals surface area contributed by atoms with E-state index in [2.05, 4.69) is 0 Å². The Morgan fingerprint density at radius 2 is 1.77 bits per heavy atom. The molecule has 2 aromatic carbocycles. The fourth-order valence-corrected chi connectivity index (χ4v) is 5.37. The van der Waals surface area contributed by atoms with Gasteiger partial charge in [-0.3, -0.25) is 9.10 Å². The Labute approximate surface area is 187 Å². The van der Waals surface area contributed by atoms with Crippen molar-refractivity contribution in [3.63, 3.8) is 0 Å². The van der Waals surface area contributed by atoms with Crippen LogP contribution in [0, 0.1) is 6.92 Å². The van der Waals surface area contributed by atoms with Crippen LogP contribution in [0.25, 0.3) is 0 Å². The third-order valence-corrected chi connectivity index (χ3v) is 7.60. The molecule has 6 nitrogen and oxygen atoms in total. The van der Waals surface area contributed by atoms with Crippen LogP contribution in [0.4, 0.5) is 5.69 Å². The second-order valence-corrected chi connectivity index (χ2v) is 9.85. The molecular weight excluding hydrogens is 447 g/mol. The first-order chi connectivity index (χ1) is 14.2. The van der Waals surface area contributed by atoms with Gasteiger partial charge in [0.2, 0.25) is 5.91 Å². The molecule has 0 aromatic heterocycles. The van der Waals surface area contributed by atoms with Gasteiger partial charge in [-0.15, -0.1) is 0 Å². The van der Waals surface area contributed by atoms with Crippen molar-refractivity contribution in [1.29, 1.82) is 0 Å². The molecule has 1 saturated heterocycles. The highest BCUT2D eigenvalue weighted by molar-refractivity contribution is 7.93. The van der Waals surface area contributed by atoms with E-state index in [1.807, 2.05) is 0 Å². The van der Waals surface area contributed by atoms with Gasteiger partial charge in [-0.05, 0) is 62.1 Å². The fraction of sp³-hybridized carbons (Fsp3) is 0.381. The lowest BCUT2D eigenvalue weighted by atomic mass is 10.1. The van der Waals surface area contributed by atoms with Crippen molar-refractivity contribution < 1.29 is 17.9 Å². The maximum absolute atomic E-state index is 13.7. The highest BCUT2D eigenvalue weighted by atomic mass is 35.5. The molecule has 0 bridgehead atoms. The van der Waals surface area contributed by atoms with E-state index in [0.29, 0.717) is 18.1 Å². The molecule has 1 heterocycles. The van der Waals surface area contributed by atoms with Gasteiger partial charge in [-0.2, -0.15) is 0 Å². The Morgan fingerprint density at radius 3 is 2.40 bits per heavy atom. The maximum Gasteiger partial charge on any atom is 0.268 e. The van der Waals surface area contributed by atoms with E-state index >= 15 is 0 Å². The van der Waals surface area contributed by atoms with Gasteiger partial charge < -0.3 is 9.64 Å². The number of sulfonamides is 1. The van der Waals surface area contributed by atoms with Gasteiger partial charge in [-0.1, -0.05) is 29.3 Å². The number of methoxy groups -OCH3 is 1. The summed E-state index contributed by atoms with van der Waals surface area (Å²) in [4.78, 5) is 14.7. The molecule has 1 aliphatic heterocycles. The Balaban J connectivity index is 2.07. The van der Waals surface area contributed by atoms with Crippen molar-refractivity contribution in [3.05, 3.63) is 52.0 Å². The van der Waals surface area contributed by atoms with Gasteiger partial charge >= 0.3 is 0 Å². The summed E-state index contributed by atoms with van der Waals surface area (Å²) < 4.78 is 33.7. The predicted octanol–water partition coefficient (Wildman–Crippen LogP) is 4.52. The van der Waals surface area contributed by atoms with Crippen LogP contribution in [-0.4, -0.2) is 46.0 Å². The van der Waals surface area contributed by atoms with Gasteiger partial charge in [0.25, 0.3) is 10.0 Å². The molecule has 0 aliphatic carbocycles. The lowest BCUT2D eigenvalue weighted by Crippen LogP contribution is -2.45. The number of benzene rings is 2. The molecule has 3 rings (SSSR count). The molecule has 0 N–H and O–H groups in total. The minimum atomic E-state index is -4.12. The lowest BCUT2D eigenvalue weighted by Gasteiger charge is -2.31. The number of halogens is 2. The van der Waals surface area contributed by atoms with E-state index in [4.69, 9.17) is 27.9 Å². The molecule has 1 aliphatic rings. The monoisotopic (exact) mass is 470 g/mol. The number of likely N-dealkylation sites (tertiary alicyclic amines) is 1. The van der Waals surface area contributed by atoms with Crippen molar-refractivity contribution in [1.82, 2.24) is 4.90 Å². The predicted molar refractivity (Wildman–Crippen MR) is 119 cm³/mol. The number of ether oxygens (including phenoxy) is 1. The smallest absolute Gasteiger partial charge is 0.268 e. The quantitative estimate of drug-likeness (QED) is 0.622. The summed E-state index contributed by atoms with van der Waals surface area (Å²) in [5.74, 6) is -0.0490. The summed E-state index contributed by atoms with van der Waals surface area (Å²) >= 11 is 12.2. The van der Waals surface area contributed by atoms with E-state index in [1.165, 1.54) is 31.4 Å². The molecule has 0 spiro atoms. The number of aryl methyl sites for hydroxylation is 1. The van der Waals surface area contributed by atoms with Crippen molar-refractivity contribution in [2.45, 2.75) is 31.1 Å². The molecule has 1 fully saturated rings. The lowest BCUT2D eigenvalue weighted by molar-refractivity contribution is -0.130. The summed E-state index contributed by atoms with van der Waals surface area (Å²) in [5.41, 5.74) is 1.02. The third-order valence-electron chi connectivity index (χ3n) is 5.07. The number of carbonyl (C=O) groups is 1. The van der Waals surface area contributed by atoms with Crippen LogP contribution in [0.15, 0.2) is 41.3 Å². The van der Waals surface area contributed by atoms with Gasteiger partial charge in [0.1, 0.15) is 17.2 Å². The second kappa shape index (κ2) is 9.45. The average molecular weight is 471 g/mol. The Bertz CT molecular complexity index is 1040. The third kappa shape index (κ3) is 4.85. The first-order valence-electron chi connectivity index (χ1n) is 9.64. The van der Waals surface area contributed by atoms with Crippen LogP contribution in [0.3, 0.4) is 0 Å². The van der Waals surface area contributed by atoms with Gasteiger partial charge in [-0.25, -0.2) is 8.42 Å². The Morgan fingerprint density at radius 1 is 1.07 bits per heavy atom. The van der Waals surface area contributed by atoms with E-state index in [-0.39, 0.29) is 33.8 Å². The minimum absolute atomic E-state index is 0.0116. The Hall–Kier alpha value is -1.96. The highest BCUT2D eigenvalue weighted by Crippen LogP contribution is 2.34. The molecule has 0 radical (unpaired) electrons. The zero-order valence-electron chi connectivity index (χ0n) is 16.9. The molecule has 0 unspecified atom stereocenters. The largest absolute Gasteiger partial charge is 0.495 e. The number of hydrogen-bond acceptors (Lipinski definition) is 4. The highest BCUT2D eigenvalue weighted by Gasteiger charge is 2.32. The van der Waals surface area contributed by atoms with Crippen molar-refractivity contribution in [2.24, 2.45) is 0 Å². The SMILES string of the molecule is COc1ccc(C)cc1S(=O)(=O)N(CC(=O)N1CCCCC1)c1ccc(Cl)c(Cl)c1. The Kier molecular flexibility index (Phi) is 7.16. The van der Waals surface area contributed by atoms with Crippen LogP contribution in [0.1, 0.15) is 24.8 Å². The van der Waals surface area contributed by atoms with Crippen LogP contribution in [0.5, 0.6) is 5.75 Å². The van der Waals surface area contributed by atoms with E-state index in [9.17, 15) is 13.2 Å². The second-order valence-electron chi connectivity index (χ2n) is 7.21. The van der Waals surface area contributed by atoms with Crippen LogP contribution >= 0.6 is 23.2 Å². The molecule has 9 heteroatoms. The molecule has 2 aromatic rings. The van der Waals surface area contributed by atoms with Crippen LogP contribution in [-0.2, 0) is 14.8 Å². The molecule has 1 amide bonds. The average Bonchev–Trinajstić information content (AvgIpc) is 2.74. The number of piperidine rings is 1. The zero-order chi connectivity index (χ0) is 21.9. The van der Waals surface area contributed by atoms with Crippen molar-refractivity contribution in [2.75, 3.05) is 31.0 Å². The minimum Gasteiger partial charge on any atom is -0.495 e. The first kappa shape index (κ1) is 22.7. The van der Waals surface area contributed by atoms with Crippen molar-refractivity contribution in [3.8, 4) is 5.75 Å². The summed E-state index contributed by atoms with van der Waals surface area (Å²) in [7, 11) is -2.71. The molecule has 0 saturated carbocycles. The van der Waals surface area contributed by atoms with E-state index in [0.717, 1.165) is 29.1 Å². The topological polar surface area (TPSA) is 66.9 Å².